The van der Waals surface area contributed by atoms with E-state index in [1.807, 2.05) is 0 Å². The van der Waals surface area contributed by atoms with Gasteiger partial charge in [-0.05, 0) is 18.8 Å². The standard InChI is InChI=1S/C12H19N3O2S/c1-8(15-17)9-7-18-11(13-9)14-10(16)5-6-12(2,3)4/h7,17H,5-6H2,1-4H3,(H,13,14,16). The van der Waals surface area contributed by atoms with Crippen molar-refractivity contribution in [1.29, 1.82) is 0 Å². The predicted octanol–water partition coefficient (Wildman–Crippen LogP) is 3.11. The summed E-state index contributed by atoms with van der Waals surface area (Å²) in [5.41, 5.74) is 1.15. The average molecular weight is 269 g/mol. The lowest BCUT2D eigenvalue weighted by molar-refractivity contribution is -0.116. The van der Waals surface area contributed by atoms with Crippen molar-refractivity contribution in [3.8, 4) is 0 Å². The molecule has 0 atom stereocenters. The van der Waals surface area contributed by atoms with E-state index in [1.54, 1.807) is 12.3 Å². The molecule has 0 aliphatic rings. The molecule has 2 N–H and O–H groups in total. The third-order valence-electron chi connectivity index (χ3n) is 2.37. The van der Waals surface area contributed by atoms with Gasteiger partial charge in [0.1, 0.15) is 11.4 Å². The second kappa shape index (κ2) is 5.95. The molecular weight excluding hydrogens is 250 g/mol. The van der Waals surface area contributed by atoms with Crippen LogP contribution in [0.3, 0.4) is 0 Å². The van der Waals surface area contributed by atoms with Crippen LogP contribution in [0.25, 0.3) is 0 Å². The highest BCUT2D eigenvalue weighted by atomic mass is 32.1. The zero-order chi connectivity index (χ0) is 13.8. The lowest BCUT2D eigenvalue weighted by Crippen LogP contribution is -2.15. The van der Waals surface area contributed by atoms with Crippen LogP contribution in [0.2, 0.25) is 0 Å². The molecule has 18 heavy (non-hydrogen) atoms. The number of carbonyl (C=O) groups excluding carboxylic acids is 1. The molecule has 0 bridgehead atoms. The van der Waals surface area contributed by atoms with Crippen molar-refractivity contribution in [3.63, 3.8) is 0 Å². The van der Waals surface area contributed by atoms with Crippen LogP contribution in [0.5, 0.6) is 0 Å². The number of amides is 1. The summed E-state index contributed by atoms with van der Waals surface area (Å²) in [6, 6.07) is 0. The Morgan fingerprint density at radius 3 is 2.78 bits per heavy atom. The van der Waals surface area contributed by atoms with Gasteiger partial charge in [0, 0.05) is 11.8 Å². The summed E-state index contributed by atoms with van der Waals surface area (Å²) in [4.78, 5) is 15.8. The molecule has 0 aliphatic heterocycles. The molecule has 1 amide bonds. The van der Waals surface area contributed by atoms with E-state index in [-0.39, 0.29) is 11.3 Å². The molecule has 1 aromatic heterocycles. The van der Waals surface area contributed by atoms with E-state index in [4.69, 9.17) is 5.21 Å². The first-order chi connectivity index (χ1) is 8.31. The number of rotatable bonds is 4. The van der Waals surface area contributed by atoms with E-state index in [9.17, 15) is 4.79 Å². The number of oxime groups is 1. The molecule has 1 heterocycles. The van der Waals surface area contributed by atoms with Crippen molar-refractivity contribution in [2.24, 2.45) is 10.6 Å². The van der Waals surface area contributed by atoms with Crippen LogP contribution in [0, 0.1) is 5.41 Å². The van der Waals surface area contributed by atoms with Gasteiger partial charge >= 0.3 is 0 Å². The van der Waals surface area contributed by atoms with E-state index in [1.165, 1.54) is 11.3 Å². The summed E-state index contributed by atoms with van der Waals surface area (Å²) >= 11 is 1.32. The summed E-state index contributed by atoms with van der Waals surface area (Å²) in [7, 11) is 0. The van der Waals surface area contributed by atoms with Gasteiger partial charge in [-0.1, -0.05) is 25.9 Å². The molecule has 0 radical (unpaired) electrons. The minimum Gasteiger partial charge on any atom is -0.411 e. The number of nitrogens with one attached hydrogen (secondary N) is 1. The zero-order valence-corrected chi connectivity index (χ0v) is 12.0. The number of carbonyl (C=O) groups is 1. The molecule has 0 aromatic carbocycles. The second-order valence-corrected chi connectivity index (χ2v) is 6.19. The molecule has 0 aliphatic carbocycles. The van der Waals surface area contributed by atoms with Gasteiger partial charge in [-0.3, -0.25) is 4.79 Å². The van der Waals surface area contributed by atoms with Crippen molar-refractivity contribution in [3.05, 3.63) is 11.1 Å². The Morgan fingerprint density at radius 2 is 2.22 bits per heavy atom. The molecule has 1 rings (SSSR count). The van der Waals surface area contributed by atoms with Crippen molar-refractivity contribution in [2.45, 2.75) is 40.5 Å². The van der Waals surface area contributed by atoms with Crippen LogP contribution in [0.15, 0.2) is 10.5 Å². The molecule has 100 valence electrons. The van der Waals surface area contributed by atoms with Gasteiger partial charge in [-0.15, -0.1) is 11.3 Å². The molecule has 0 saturated heterocycles. The Kier molecular flexibility index (Phi) is 4.84. The third kappa shape index (κ3) is 4.83. The first kappa shape index (κ1) is 14.6. The van der Waals surface area contributed by atoms with Crippen LogP contribution in [-0.2, 0) is 4.79 Å². The number of anilines is 1. The van der Waals surface area contributed by atoms with Crippen LogP contribution >= 0.6 is 11.3 Å². The fourth-order valence-corrected chi connectivity index (χ4v) is 1.99. The smallest absolute Gasteiger partial charge is 0.226 e. The van der Waals surface area contributed by atoms with Crippen LogP contribution < -0.4 is 5.32 Å². The fourth-order valence-electron chi connectivity index (χ4n) is 1.22. The Morgan fingerprint density at radius 1 is 1.56 bits per heavy atom. The van der Waals surface area contributed by atoms with Gasteiger partial charge < -0.3 is 10.5 Å². The zero-order valence-electron chi connectivity index (χ0n) is 11.1. The minimum absolute atomic E-state index is 0.0376. The number of hydrogen-bond acceptors (Lipinski definition) is 5. The highest BCUT2D eigenvalue weighted by Crippen LogP contribution is 2.21. The van der Waals surface area contributed by atoms with Gasteiger partial charge in [0.25, 0.3) is 0 Å². The highest BCUT2D eigenvalue weighted by Gasteiger charge is 2.14. The molecule has 0 unspecified atom stereocenters. The average Bonchev–Trinajstić information content (AvgIpc) is 2.73. The Balaban J connectivity index is 2.53. The predicted molar refractivity (Wildman–Crippen MR) is 73.4 cm³/mol. The normalized spacial score (nSPS) is 12.6. The molecule has 6 heteroatoms. The van der Waals surface area contributed by atoms with E-state index in [0.29, 0.717) is 23.0 Å². The maximum Gasteiger partial charge on any atom is 0.226 e. The molecule has 0 fully saturated rings. The number of aromatic nitrogens is 1. The van der Waals surface area contributed by atoms with E-state index in [0.717, 1.165) is 6.42 Å². The van der Waals surface area contributed by atoms with Gasteiger partial charge in [0.2, 0.25) is 5.91 Å². The van der Waals surface area contributed by atoms with Crippen molar-refractivity contribution >= 4 is 28.1 Å². The Bertz CT molecular complexity index is 446. The molecule has 1 aromatic rings. The monoisotopic (exact) mass is 269 g/mol. The van der Waals surface area contributed by atoms with E-state index in [2.05, 4.69) is 36.2 Å². The lowest BCUT2D eigenvalue weighted by atomic mass is 9.90. The summed E-state index contributed by atoms with van der Waals surface area (Å²) in [6.45, 7) is 7.95. The van der Waals surface area contributed by atoms with Crippen molar-refractivity contribution < 1.29 is 10.0 Å². The second-order valence-electron chi connectivity index (χ2n) is 5.33. The summed E-state index contributed by atoms with van der Waals surface area (Å²) in [5, 5.41) is 16.7. The topological polar surface area (TPSA) is 74.6 Å². The lowest BCUT2D eigenvalue weighted by Gasteiger charge is -2.16. The summed E-state index contributed by atoms with van der Waals surface area (Å²) in [6.07, 6.45) is 1.31. The highest BCUT2D eigenvalue weighted by molar-refractivity contribution is 7.14. The van der Waals surface area contributed by atoms with E-state index >= 15 is 0 Å². The first-order valence-corrected chi connectivity index (χ1v) is 6.64. The van der Waals surface area contributed by atoms with E-state index < -0.39 is 0 Å². The number of thiazole rings is 1. The van der Waals surface area contributed by atoms with Crippen molar-refractivity contribution in [2.75, 3.05) is 5.32 Å². The SMILES string of the molecule is CC(=NO)c1csc(NC(=O)CCC(C)(C)C)n1. The van der Waals surface area contributed by atoms with Crippen LogP contribution in [-0.4, -0.2) is 21.8 Å². The minimum atomic E-state index is -0.0376. The molecular formula is C12H19N3O2S. The maximum absolute atomic E-state index is 11.7. The number of nitrogens with zero attached hydrogens (tertiary/aromatic N) is 2. The van der Waals surface area contributed by atoms with Gasteiger partial charge in [-0.2, -0.15) is 0 Å². The summed E-state index contributed by atoms with van der Waals surface area (Å²) < 4.78 is 0. The summed E-state index contributed by atoms with van der Waals surface area (Å²) in [5.74, 6) is -0.0376. The van der Waals surface area contributed by atoms with Crippen LogP contribution in [0.4, 0.5) is 5.13 Å². The first-order valence-electron chi connectivity index (χ1n) is 5.76. The van der Waals surface area contributed by atoms with Crippen LogP contribution in [0.1, 0.15) is 46.2 Å². The van der Waals surface area contributed by atoms with Gasteiger partial charge in [-0.25, -0.2) is 4.98 Å². The van der Waals surface area contributed by atoms with Gasteiger partial charge in [0.15, 0.2) is 5.13 Å². The number of hydrogen-bond donors (Lipinski definition) is 2. The molecule has 0 spiro atoms. The fraction of sp³-hybridized carbons (Fsp3) is 0.583. The van der Waals surface area contributed by atoms with Crippen molar-refractivity contribution in [1.82, 2.24) is 4.98 Å². The third-order valence-corrected chi connectivity index (χ3v) is 3.13. The Hall–Kier alpha value is -1.43. The molecule has 5 nitrogen and oxygen atoms in total. The molecule has 0 saturated carbocycles. The largest absolute Gasteiger partial charge is 0.411 e. The van der Waals surface area contributed by atoms with Gasteiger partial charge in [0.05, 0.1) is 0 Å². The maximum atomic E-state index is 11.7. The quantitative estimate of drug-likeness (QED) is 0.501. The Labute approximate surface area is 111 Å².